The molecule has 0 bridgehead atoms. The maximum absolute atomic E-state index is 9.18. The van der Waals surface area contributed by atoms with Gasteiger partial charge in [0.15, 0.2) is 0 Å². The fourth-order valence-corrected chi connectivity index (χ4v) is 0.751. The second kappa shape index (κ2) is 2.03. The lowest BCUT2D eigenvalue weighted by molar-refractivity contribution is -0.0340. The molecule has 0 aliphatic carbocycles. The molecule has 1 heterocycles. The summed E-state index contributed by atoms with van der Waals surface area (Å²) in [6.07, 6.45) is 1.35. The molecule has 48 valence electrons. The van der Waals surface area contributed by atoms with Crippen LogP contribution in [0.5, 0.6) is 0 Å². The molecule has 1 aliphatic rings. The van der Waals surface area contributed by atoms with Crippen molar-refractivity contribution in [3.8, 4) is 0 Å². The molecule has 1 aliphatic heterocycles. The third-order valence-electron chi connectivity index (χ3n) is 1.42. The fourth-order valence-electron chi connectivity index (χ4n) is 0.751. The Morgan fingerprint density at radius 2 is 1.88 bits per heavy atom. The first-order valence-corrected chi connectivity index (χ1v) is 2.86. The summed E-state index contributed by atoms with van der Waals surface area (Å²) in [4.78, 5) is 0. The zero-order valence-corrected chi connectivity index (χ0v) is 4.89. The normalized spacial score (nSPS) is 27.8. The molecule has 0 aromatic rings. The predicted octanol–water partition coefficient (Wildman–Crippen LogP) is 0.362. The first-order chi connectivity index (χ1) is 3.71. The highest BCUT2D eigenvalue weighted by molar-refractivity contribution is 4.82. The lowest BCUT2D eigenvalue weighted by atomic mass is 9.98. The molecular formula is C6H11O2-. The highest BCUT2D eigenvalue weighted by atomic mass is 16.5. The van der Waals surface area contributed by atoms with Crippen molar-refractivity contribution in [3.05, 3.63) is 6.92 Å². The highest BCUT2D eigenvalue weighted by Crippen LogP contribution is 2.17. The number of hydrogen-bond donors (Lipinski definition) is 1. The van der Waals surface area contributed by atoms with Gasteiger partial charge in [0, 0.05) is 13.2 Å². The van der Waals surface area contributed by atoms with Crippen molar-refractivity contribution in [1.29, 1.82) is 0 Å². The van der Waals surface area contributed by atoms with Gasteiger partial charge in [-0.25, -0.2) is 0 Å². The fraction of sp³-hybridized carbons (Fsp3) is 0.833. The average molecular weight is 115 g/mol. The third kappa shape index (κ3) is 1.46. The Labute approximate surface area is 49.5 Å². The van der Waals surface area contributed by atoms with Crippen LogP contribution in [0.4, 0.5) is 0 Å². The lowest BCUT2D eigenvalue weighted by Crippen LogP contribution is -2.32. The zero-order valence-electron chi connectivity index (χ0n) is 4.89. The molecule has 0 unspecified atom stereocenters. The molecule has 0 aromatic heterocycles. The van der Waals surface area contributed by atoms with E-state index in [1.54, 1.807) is 0 Å². The smallest absolute Gasteiger partial charge is 0.0467 e. The monoisotopic (exact) mass is 115 g/mol. The second-order valence-corrected chi connectivity index (χ2v) is 2.34. The second-order valence-electron chi connectivity index (χ2n) is 2.34. The first kappa shape index (κ1) is 6.05. The van der Waals surface area contributed by atoms with Crippen LogP contribution in [0.25, 0.3) is 0 Å². The average Bonchev–Trinajstić information content (AvgIpc) is 1.65. The van der Waals surface area contributed by atoms with Gasteiger partial charge in [-0.1, -0.05) is 5.60 Å². The van der Waals surface area contributed by atoms with Gasteiger partial charge >= 0.3 is 0 Å². The van der Waals surface area contributed by atoms with E-state index in [1.165, 1.54) is 0 Å². The minimum atomic E-state index is -0.696. The molecule has 1 saturated heterocycles. The van der Waals surface area contributed by atoms with Gasteiger partial charge in [-0.2, -0.15) is 0 Å². The van der Waals surface area contributed by atoms with Crippen molar-refractivity contribution in [1.82, 2.24) is 0 Å². The summed E-state index contributed by atoms with van der Waals surface area (Å²) in [7, 11) is 0. The number of hydrogen-bond acceptors (Lipinski definition) is 2. The quantitative estimate of drug-likeness (QED) is 0.462. The van der Waals surface area contributed by atoms with Crippen molar-refractivity contribution in [3.63, 3.8) is 0 Å². The Bertz CT molecular complexity index is 70.6. The van der Waals surface area contributed by atoms with Gasteiger partial charge in [0.1, 0.15) is 0 Å². The minimum Gasteiger partial charge on any atom is -0.422 e. The number of rotatable bonds is 0. The maximum atomic E-state index is 9.18. The molecule has 0 aromatic carbocycles. The van der Waals surface area contributed by atoms with Crippen molar-refractivity contribution in [2.75, 3.05) is 13.2 Å². The van der Waals surface area contributed by atoms with Gasteiger partial charge in [0.2, 0.25) is 0 Å². The highest BCUT2D eigenvalue weighted by Gasteiger charge is 2.15. The first-order valence-electron chi connectivity index (χ1n) is 2.86. The van der Waals surface area contributed by atoms with Crippen LogP contribution < -0.4 is 0 Å². The van der Waals surface area contributed by atoms with E-state index in [0.717, 1.165) is 0 Å². The summed E-state index contributed by atoms with van der Waals surface area (Å²) < 4.78 is 5.01. The summed E-state index contributed by atoms with van der Waals surface area (Å²) in [5.41, 5.74) is -0.696. The SMILES string of the molecule is [CH2-]C1(O)CCOCC1. The van der Waals surface area contributed by atoms with Crippen LogP contribution >= 0.6 is 0 Å². The maximum Gasteiger partial charge on any atom is 0.0467 e. The largest absolute Gasteiger partial charge is 0.422 e. The van der Waals surface area contributed by atoms with Crippen LogP contribution in [0, 0.1) is 6.92 Å². The van der Waals surface area contributed by atoms with E-state index in [1.807, 2.05) is 0 Å². The topological polar surface area (TPSA) is 29.5 Å². The molecule has 0 amide bonds. The predicted molar refractivity (Wildman–Crippen MR) is 30.4 cm³/mol. The minimum absolute atomic E-state index is 0.653. The van der Waals surface area contributed by atoms with E-state index in [-0.39, 0.29) is 0 Å². The van der Waals surface area contributed by atoms with E-state index in [4.69, 9.17) is 4.74 Å². The number of aliphatic hydroxyl groups is 1. The van der Waals surface area contributed by atoms with Crippen molar-refractivity contribution >= 4 is 0 Å². The molecular weight excluding hydrogens is 104 g/mol. The van der Waals surface area contributed by atoms with E-state index in [9.17, 15) is 5.11 Å². The summed E-state index contributed by atoms with van der Waals surface area (Å²) in [5, 5.41) is 9.18. The standard InChI is InChI=1S/C6H11O2/c1-6(7)2-4-8-5-3-6/h7H,1-5H2/q-1. The van der Waals surface area contributed by atoms with E-state index in [2.05, 4.69) is 6.92 Å². The van der Waals surface area contributed by atoms with Crippen LogP contribution in [0.3, 0.4) is 0 Å². The van der Waals surface area contributed by atoms with Gasteiger partial charge in [-0.3, -0.25) is 0 Å². The number of ether oxygens (including phenoxy) is 1. The molecule has 1 N–H and O–H groups in total. The Hall–Kier alpha value is -0.0800. The van der Waals surface area contributed by atoms with Gasteiger partial charge < -0.3 is 16.8 Å². The van der Waals surface area contributed by atoms with Crippen LogP contribution in [-0.2, 0) is 4.74 Å². The summed E-state index contributed by atoms with van der Waals surface area (Å²) in [5.74, 6) is 0. The Morgan fingerprint density at radius 1 is 1.38 bits per heavy atom. The molecule has 2 nitrogen and oxygen atoms in total. The van der Waals surface area contributed by atoms with E-state index < -0.39 is 5.60 Å². The van der Waals surface area contributed by atoms with Crippen molar-refractivity contribution in [2.24, 2.45) is 0 Å². The van der Waals surface area contributed by atoms with Gasteiger partial charge in [0.05, 0.1) is 0 Å². The van der Waals surface area contributed by atoms with Gasteiger partial charge in [0.25, 0.3) is 0 Å². The Kier molecular flexibility index (Phi) is 1.54. The van der Waals surface area contributed by atoms with Gasteiger partial charge in [-0.05, 0) is 12.8 Å². The zero-order chi connectivity index (χ0) is 6.04. The molecule has 0 spiro atoms. The van der Waals surface area contributed by atoms with Crippen LogP contribution in [0.15, 0.2) is 0 Å². The Balaban J connectivity index is 2.33. The van der Waals surface area contributed by atoms with Crippen molar-refractivity contribution < 1.29 is 9.84 Å². The van der Waals surface area contributed by atoms with Crippen LogP contribution in [0.2, 0.25) is 0 Å². The third-order valence-corrected chi connectivity index (χ3v) is 1.42. The van der Waals surface area contributed by atoms with E-state index >= 15 is 0 Å². The van der Waals surface area contributed by atoms with Crippen LogP contribution in [0.1, 0.15) is 12.8 Å². The molecule has 0 saturated carbocycles. The van der Waals surface area contributed by atoms with E-state index in [0.29, 0.717) is 26.1 Å². The van der Waals surface area contributed by atoms with Gasteiger partial charge in [-0.15, -0.1) is 0 Å². The molecule has 0 atom stereocenters. The lowest BCUT2D eigenvalue weighted by Gasteiger charge is -2.34. The van der Waals surface area contributed by atoms with Crippen molar-refractivity contribution in [2.45, 2.75) is 18.4 Å². The molecule has 1 rings (SSSR count). The van der Waals surface area contributed by atoms with Crippen LogP contribution in [-0.4, -0.2) is 23.9 Å². The summed E-state index contributed by atoms with van der Waals surface area (Å²) in [6.45, 7) is 4.91. The summed E-state index contributed by atoms with van der Waals surface area (Å²) in [6, 6.07) is 0. The Morgan fingerprint density at radius 3 is 2.12 bits per heavy atom. The molecule has 2 heteroatoms. The molecule has 1 fully saturated rings. The summed E-state index contributed by atoms with van der Waals surface area (Å²) >= 11 is 0. The molecule has 8 heavy (non-hydrogen) atoms. The molecule has 0 radical (unpaired) electrons.